The van der Waals surface area contributed by atoms with Gasteiger partial charge in [-0.15, -0.1) is 0 Å². The molecular formula is C16H19N3S. The average Bonchev–Trinajstić information content (AvgIpc) is 3.05. The number of thioether (sulfide) groups is 1. The van der Waals surface area contributed by atoms with Gasteiger partial charge in [0.25, 0.3) is 0 Å². The Morgan fingerprint density at radius 3 is 3.00 bits per heavy atom. The van der Waals surface area contributed by atoms with Crippen LogP contribution in [0.15, 0.2) is 18.2 Å². The number of benzene rings is 1. The number of rotatable bonds is 3. The van der Waals surface area contributed by atoms with Crippen LogP contribution in [0.5, 0.6) is 0 Å². The van der Waals surface area contributed by atoms with Crippen LogP contribution in [0.4, 0.5) is 0 Å². The maximum atomic E-state index is 9.04. The van der Waals surface area contributed by atoms with Gasteiger partial charge in [0.1, 0.15) is 5.82 Å². The SMILES string of the molecule is CC(C)Cn1c(C2CCCS2)nc2cc(C#N)ccc21. The van der Waals surface area contributed by atoms with Gasteiger partial charge in [0, 0.05) is 6.54 Å². The summed E-state index contributed by atoms with van der Waals surface area (Å²) in [5.41, 5.74) is 2.82. The molecule has 0 radical (unpaired) electrons. The van der Waals surface area contributed by atoms with E-state index in [1.54, 1.807) is 0 Å². The summed E-state index contributed by atoms with van der Waals surface area (Å²) in [6, 6.07) is 8.06. The lowest BCUT2D eigenvalue weighted by Crippen LogP contribution is -2.10. The highest BCUT2D eigenvalue weighted by molar-refractivity contribution is 7.99. The molecule has 3 nitrogen and oxygen atoms in total. The molecule has 0 saturated carbocycles. The Morgan fingerprint density at radius 2 is 2.35 bits per heavy atom. The number of hydrogen-bond donors (Lipinski definition) is 0. The molecule has 0 bridgehead atoms. The smallest absolute Gasteiger partial charge is 0.123 e. The van der Waals surface area contributed by atoms with Crippen LogP contribution >= 0.6 is 11.8 Å². The predicted octanol–water partition coefficient (Wildman–Crippen LogP) is 4.13. The molecule has 4 heteroatoms. The minimum absolute atomic E-state index is 0.520. The normalized spacial score (nSPS) is 18.8. The molecule has 3 rings (SSSR count). The van der Waals surface area contributed by atoms with E-state index in [9.17, 15) is 0 Å². The number of nitriles is 1. The first kappa shape index (κ1) is 13.5. The van der Waals surface area contributed by atoms with E-state index in [1.165, 1.54) is 29.9 Å². The lowest BCUT2D eigenvalue weighted by Gasteiger charge is -2.15. The van der Waals surface area contributed by atoms with E-state index in [4.69, 9.17) is 10.2 Å². The van der Waals surface area contributed by atoms with Crippen molar-refractivity contribution in [3.63, 3.8) is 0 Å². The Labute approximate surface area is 124 Å². The van der Waals surface area contributed by atoms with Crippen molar-refractivity contribution in [2.75, 3.05) is 5.75 Å². The molecule has 1 aromatic carbocycles. The second-order valence-electron chi connectivity index (χ2n) is 5.79. The summed E-state index contributed by atoms with van der Waals surface area (Å²) < 4.78 is 2.37. The fourth-order valence-corrected chi connectivity index (χ4v) is 4.08. The van der Waals surface area contributed by atoms with Gasteiger partial charge in [-0.3, -0.25) is 0 Å². The van der Waals surface area contributed by atoms with Gasteiger partial charge in [-0.25, -0.2) is 4.98 Å². The predicted molar refractivity (Wildman–Crippen MR) is 83.7 cm³/mol. The molecule has 1 unspecified atom stereocenters. The molecule has 2 heterocycles. The minimum Gasteiger partial charge on any atom is -0.327 e. The molecule has 1 aliphatic heterocycles. The molecule has 0 aliphatic carbocycles. The molecule has 104 valence electrons. The maximum Gasteiger partial charge on any atom is 0.123 e. The van der Waals surface area contributed by atoms with E-state index in [2.05, 4.69) is 24.5 Å². The Hall–Kier alpha value is -1.47. The van der Waals surface area contributed by atoms with Gasteiger partial charge in [-0.2, -0.15) is 17.0 Å². The molecule has 2 aromatic rings. The van der Waals surface area contributed by atoms with Crippen molar-refractivity contribution in [3.8, 4) is 6.07 Å². The lowest BCUT2D eigenvalue weighted by molar-refractivity contribution is 0.513. The molecule has 1 atom stereocenters. The zero-order chi connectivity index (χ0) is 14.1. The average molecular weight is 285 g/mol. The van der Waals surface area contributed by atoms with Gasteiger partial charge in [0.05, 0.1) is 27.9 Å². The van der Waals surface area contributed by atoms with Gasteiger partial charge in [-0.05, 0) is 42.7 Å². The van der Waals surface area contributed by atoms with Crippen LogP contribution in [-0.4, -0.2) is 15.3 Å². The molecule has 0 amide bonds. The Kier molecular flexibility index (Phi) is 3.71. The molecular weight excluding hydrogens is 266 g/mol. The standard InChI is InChI=1S/C16H19N3S/c1-11(2)10-19-14-6-5-12(9-17)8-13(14)18-16(19)15-4-3-7-20-15/h5-6,8,11,15H,3-4,7,10H2,1-2H3. The van der Waals surface area contributed by atoms with E-state index in [1.807, 2.05) is 30.0 Å². The summed E-state index contributed by atoms with van der Waals surface area (Å²) in [7, 11) is 0. The number of imidazole rings is 1. The largest absolute Gasteiger partial charge is 0.327 e. The third-order valence-corrected chi connectivity index (χ3v) is 5.05. The summed E-state index contributed by atoms with van der Waals surface area (Å²) in [4.78, 5) is 4.85. The van der Waals surface area contributed by atoms with E-state index in [0.717, 1.165) is 12.1 Å². The van der Waals surface area contributed by atoms with Crippen molar-refractivity contribution >= 4 is 22.8 Å². The Balaban J connectivity index is 2.13. The Bertz CT molecular complexity index is 660. The summed E-state index contributed by atoms with van der Waals surface area (Å²) in [5, 5.41) is 9.56. The number of fused-ring (bicyclic) bond motifs is 1. The van der Waals surface area contributed by atoms with Crippen LogP contribution in [-0.2, 0) is 6.54 Å². The maximum absolute atomic E-state index is 9.04. The molecule has 1 aromatic heterocycles. The van der Waals surface area contributed by atoms with Gasteiger partial charge in [0.15, 0.2) is 0 Å². The van der Waals surface area contributed by atoms with Crippen LogP contribution < -0.4 is 0 Å². The van der Waals surface area contributed by atoms with Crippen LogP contribution in [0.25, 0.3) is 11.0 Å². The third kappa shape index (κ3) is 2.43. The topological polar surface area (TPSA) is 41.6 Å². The highest BCUT2D eigenvalue weighted by Gasteiger charge is 2.24. The molecule has 1 aliphatic rings. The number of hydrogen-bond acceptors (Lipinski definition) is 3. The van der Waals surface area contributed by atoms with Crippen LogP contribution in [0.2, 0.25) is 0 Å². The zero-order valence-corrected chi connectivity index (χ0v) is 12.8. The molecule has 1 fully saturated rings. The fourth-order valence-electron chi connectivity index (χ4n) is 2.80. The van der Waals surface area contributed by atoms with Crippen molar-refractivity contribution < 1.29 is 0 Å². The summed E-state index contributed by atoms with van der Waals surface area (Å²) in [5.74, 6) is 3.03. The van der Waals surface area contributed by atoms with E-state index in [0.29, 0.717) is 16.7 Å². The molecule has 1 saturated heterocycles. The van der Waals surface area contributed by atoms with E-state index >= 15 is 0 Å². The second-order valence-corrected chi connectivity index (χ2v) is 7.10. The number of nitrogens with zero attached hydrogens (tertiary/aromatic N) is 3. The first-order valence-corrected chi connectivity index (χ1v) is 8.26. The van der Waals surface area contributed by atoms with Gasteiger partial charge >= 0.3 is 0 Å². The fraction of sp³-hybridized carbons (Fsp3) is 0.500. The van der Waals surface area contributed by atoms with Crippen molar-refractivity contribution in [2.45, 2.75) is 38.5 Å². The Morgan fingerprint density at radius 1 is 1.50 bits per heavy atom. The van der Waals surface area contributed by atoms with Crippen LogP contribution in [0.1, 0.15) is 43.3 Å². The first-order chi connectivity index (χ1) is 9.69. The van der Waals surface area contributed by atoms with Gasteiger partial charge < -0.3 is 4.57 Å². The highest BCUT2D eigenvalue weighted by atomic mass is 32.2. The van der Waals surface area contributed by atoms with Gasteiger partial charge in [-0.1, -0.05) is 13.8 Å². The monoisotopic (exact) mass is 285 g/mol. The van der Waals surface area contributed by atoms with Crippen LogP contribution in [0.3, 0.4) is 0 Å². The lowest BCUT2D eigenvalue weighted by atomic mass is 10.2. The van der Waals surface area contributed by atoms with Crippen molar-refractivity contribution in [1.82, 2.24) is 9.55 Å². The summed E-state index contributed by atoms with van der Waals surface area (Å²) in [6.45, 7) is 5.47. The zero-order valence-electron chi connectivity index (χ0n) is 12.0. The van der Waals surface area contributed by atoms with E-state index < -0.39 is 0 Å². The highest BCUT2D eigenvalue weighted by Crippen LogP contribution is 2.40. The summed E-state index contributed by atoms with van der Waals surface area (Å²) in [6.07, 6.45) is 2.50. The molecule has 20 heavy (non-hydrogen) atoms. The number of aromatic nitrogens is 2. The second kappa shape index (κ2) is 5.49. The quantitative estimate of drug-likeness (QED) is 0.851. The third-order valence-electron chi connectivity index (χ3n) is 3.67. The molecule has 0 N–H and O–H groups in total. The summed E-state index contributed by atoms with van der Waals surface area (Å²) >= 11 is 2.01. The minimum atomic E-state index is 0.520. The van der Waals surface area contributed by atoms with Gasteiger partial charge in [0.2, 0.25) is 0 Å². The van der Waals surface area contributed by atoms with Crippen molar-refractivity contribution in [1.29, 1.82) is 5.26 Å². The van der Waals surface area contributed by atoms with Crippen LogP contribution in [0, 0.1) is 17.2 Å². The van der Waals surface area contributed by atoms with Crippen molar-refractivity contribution in [3.05, 3.63) is 29.6 Å². The molecule has 0 spiro atoms. The van der Waals surface area contributed by atoms with E-state index in [-0.39, 0.29) is 0 Å². The van der Waals surface area contributed by atoms with Crippen molar-refractivity contribution in [2.24, 2.45) is 5.92 Å². The first-order valence-electron chi connectivity index (χ1n) is 7.21.